The summed E-state index contributed by atoms with van der Waals surface area (Å²) in [4.78, 5) is 15.8. The van der Waals surface area contributed by atoms with Crippen molar-refractivity contribution in [1.29, 1.82) is 0 Å². The summed E-state index contributed by atoms with van der Waals surface area (Å²) >= 11 is 0. The standard InChI is InChI=1S/C14H12FNO4S/c1-21(19,20)11-5-4-9-12(14(17)18)8-3-2-7(15)6-10(8)16-13(9)11/h2-3,6,11H,4-5H2,1H3,(H,17,18). The van der Waals surface area contributed by atoms with Crippen LogP contribution in [0.4, 0.5) is 4.39 Å². The van der Waals surface area contributed by atoms with Gasteiger partial charge >= 0.3 is 5.97 Å². The molecule has 0 saturated heterocycles. The van der Waals surface area contributed by atoms with Crippen molar-refractivity contribution in [2.45, 2.75) is 18.1 Å². The Hall–Kier alpha value is -2.02. The molecule has 1 unspecified atom stereocenters. The first-order valence-electron chi connectivity index (χ1n) is 6.33. The van der Waals surface area contributed by atoms with Gasteiger partial charge in [-0.15, -0.1) is 0 Å². The number of carboxylic acids is 1. The molecule has 1 heterocycles. The first kappa shape index (κ1) is 13.9. The van der Waals surface area contributed by atoms with Crippen LogP contribution in [-0.2, 0) is 16.3 Å². The molecule has 3 rings (SSSR count). The second-order valence-electron chi connectivity index (χ2n) is 5.17. The van der Waals surface area contributed by atoms with Crippen molar-refractivity contribution in [2.75, 3.05) is 6.26 Å². The molecule has 2 aromatic rings. The minimum Gasteiger partial charge on any atom is -0.478 e. The number of sulfone groups is 1. The summed E-state index contributed by atoms with van der Waals surface area (Å²) in [5, 5.41) is 8.94. The third-order valence-corrected chi connectivity index (χ3v) is 5.27. The van der Waals surface area contributed by atoms with Gasteiger partial charge in [0, 0.05) is 17.7 Å². The van der Waals surface area contributed by atoms with Crippen LogP contribution < -0.4 is 0 Å². The number of carboxylic acid groups (broad SMARTS) is 1. The molecule has 1 aliphatic carbocycles. The number of hydrogen-bond donors (Lipinski definition) is 1. The van der Waals surface area contributed by atoms with E-state index >= 15 is 0 Å². The molecule has 0 aliphatic heterocycles. The van der Waals surface area contributed by atoms with E-state index in [1.807, 2.05) is 0 Å². The molecular weight excluding hydrogens is 297 g/mol. The van der Waals surface area contributed by atoms with E-state index in [9.17, 15) is 22.7 Å². The van der Waals surface area contributed by atoms with Gasteiger partial charge in [-0.25, -0.2) is 17.6 Å². The monoisotopic (exact) mass is 309 g/mol. The highest BCUT2D eigenvalue weighted by Crippen LogP contribution is 2.39. The number of carbonyl (C=O) groups is 1. The number of hydrogen-bond acceptors (Lipinski definition) is 4. The average Bonchev–Trinajstić information content (AvgIpc) is 2.78. The van der Waals surface area contributed by atoms with Crippen LogP contribution in [0, 0.1) is 5.82 Å². The minimum absolute atomic E-state index is 0.0288. The molecule has 0 fully saturated rings. The summed E-state index contributed by atoms with van der Waals surface area (Å²) in [7, 11) is -3.39. The predicted octanol–water partition coefficient (Wildman–Crippen LogP) is 2.10. The van der Waals surface area contributed by atoms with E-state index in [-0.39, 0.29) is 16.8 Å². The normalized spacial score (nSPS) is 17.9. The van der Waals surface area contributed by atoms with Crippen LogP contribution in [0.25, 0.3) is 10.9 Å². The number of aromatic carboxylic acids is 1. The van der Waals surface area contributed by atoms with Crippen LogP contribution in [0.2, 0.25) is 0 Å². The summed E-state index contributed by atoms with van der Waals surface area (Å²) < 4.78 is 37.0. The smallest absolute Gasteiger partial charge is 0.336 e. The van der Waals surface area contributed by atoms with Gasteiger partial charge < -0.3 is 5.11 Å². The molecule has 0 bridgehead atoms. The summed E-state index contributed by atoms with van der Waals surface area (Å²) in [6.45, 7) is 0. The zero-order valence-electron chi connectivity index (χ0n) is 11.1. The number of nitrogens with zero attached hydrogens (tertiary/aromatic N) is 1. The van der Waals surface area contributed by atoms with Gasteiger partial charge in [0.25, 0.3) is 0 Å². The number of halogens is 1. The summed E-state index contributed by atoms with van der Waals surface area (Å²) in [5.41, 5.74) is 0.882. The lowest BCUT2D eigenvalue weighted by Gasteiger charge is -2.12. The number of pyridine rings is 1. The molecule has 0 amide bonds. The fraction of sp³-hybridized carbons (Fsp3) is 0.286. The molecule has 1 aromatic carbocycles. The fourth-order valence-corrected chi connectivity index (χ4v) is 4.04. The second-order valence-corrected chi connectivity index (χ2v) is 7.40. The maximum absolute atomic E-state index is 13.3. The molecule has 21 heavy (non-hydrogen) atoms. The molecule has 0 spiro atoms. The van der Waals surface area contributed by atoms with Gasteiger partial charge in [0.15, 0.2) is 9.84 Å². The molecule has 1 aliphatic rings. The lowest BCUT2D eigenvalue weighted by atomic mass is 10.0. The largest absolute Gasteiger partial charge is 0.478 e. The Bertz CT molecular complexity index is 876. The van der Waals surface area contributed by atoms with Gasteiger partial charge in [0.05, 0.1) is 16.8 Å². The molecule has 7 heteroatoms. The van der Waals surface area contributed by atoms with E-state index in [4.69, 9.17) is 0 Å². The highest BCUT2D eigenvalue weighted by molar-refractivity contribution is 7.90. The van der Waals surface area contributed by atoms with Gasteiger partial charge in [0.2, 0.25) is 0 Å². The van der Waals surface area contributed by atoms with E-state index in [0.717, 1.165) is 12.3 Å². The van der Waals surface area contributed by atoms with Crippen molar-refractivity contribution in [3.63, 3.8) is 0 Å². The third-order valence-electron chi connectivity index (χ3n) is 3.77. The molecule has 1 aromatic heterocycles. The van der Waals surface area contributed by atoms with Crippen molar-refractivity contribution in [3.8, 4) is 0 Å². The Labute approximate surface area is 120 Å². The molecule has 1 N–H and O–H groups in total. The Morgan fingerprint density at radius 3 is 2.76 bits per heavy atom. The summed E-state index contributed by atoms with van der Waals surface area (Å²) in [5.74, 6) is -1.69. The Morgan fingerprint density at radius 2 is 2.14 bits per heavy atom. The summed E-state index contributed by atoms with van der Waals surface area (Å²) in [6.07, 6.45) is 1.75. The molecule has 5 nitrogen and oxygen atoms in total. The molecule has 110 valence electrons. The van der Waals surface area contributed by atoms with E-state index < -0.39 is 26.9 Å². The maximum atomic E-state index is 13.3. The Kier molecular flexibility index (Phi) is 2.98. The predicted molar refractivity (Wildman–Crippen MR) is 74.6 cm³/mol. The fourth-order valence-electron chi connectivity index (χ4n) is 2.89. The van der Waals surface area contributed by atoms with Crippen LogP contribution >= 0.6 is 0 Å². The quantitative estimate of drug-likeness (QED) is 0.918. The SMILES string of the molecule is CS(=O)(=O)C1CCc2c1nc1cc(F)ccc1c2C(=O)O. The van der Waals surface area contributed by atoms with E-state index in [0.29, 0.717) is 23.8 Å². The van der Waals surface area contributed by atoms with Crippen LogP contribution in [0.3, 0.4) is 0 Å². The highest BCUT2D eigenvalue weighted by Gasteiger charge is 2.35. The second kappa shape index (κ2) is 4.49. The van der Waals surface area contributed by atoms with Crippen LogP contribution in [0.5, 0.6) is 0 Å². The lowest BCUT2D eigenvalue weighted by Crippen LogP contribution is -2.11. The molecule has 1 atom stereocenters. The van der Waals surface area contributed by atoms with Crippen LogP contribution in [0.15, 0.2) is 18.2 Å². The van der Waals surface area contributed by atoms with Gasteiger partial charge in [-0.05, 0) is 30.5 Å². The first-order valence-corrected chi connectivity index (χ1v) is 8.28. The third kappa shape index (κ3) is 2.17. The summed E-state index contributed by atoms with van der Waals surface area (Å²) in [6, 6.07) is 3.67. The molecule has 0 radical (unpaired) electrons. The maximum Gasteiger partial charge on any atom is 0.336 e. The van der Waals surface area contributed by atoms with Crippen molar-refractivity contribution in [3.05, 3.63) is 40.8 Å². The topological polar surface area (TPSA) is 84.3 Å². The number of rotatable bonds is 2. The average molecular weight is 309 g/mol. The Balaban J connectivity index is 2.40. The van der Waals surface area contributed by atoms with Gasteiger partial charge in [0.1, 0.15) is 11.1 Å². The minimum atomic E-state index is -3.39. The lowest BCUT2D eigenvalue weighted by molar-refractivity contribution is 0.0698. The number of aromatic nitrogens is 1. The number of benzene rings is 1. The van der Waals surface area contributed by atoms with Gasteiger partial charge in [-0.2, -0.15) is 0 Å². The van der Waals surface area contributed by atoms with Gasteiger partial charge in [-0.3, -0.25) is 4.98 Å². The van der Waals surface area contributed by atoms with E-state index in [1.54, 1.807) is 0 Å². The first-order chi connectivity index (χ1) is 9.79. The molecule has 0 saturated carbocycles. The van der Waals surface area contributed by atoms with E-state index in [1.165, 1.54) is 12.1 Å². The van der Waals surface area contributed by atoms with Crippen molar-refractivity contribution < 1.29 is 22.7 Å². The van der Waals surface area contributed by atoms with E-state index in [2.05, 4.69) is 4.98 Å². The van der Waals surface area contributed by atoms with Crippen LogP contribution in [-0.4, -0.2) is 30.7 Å². The van der Waals surface area contributed by atoms with Crippen molar-refractivity contribution in [1.82, 2.24) is 4.98 Å². The molecular formula is C14H12FNO4S. The van der Waals surface area contributed by atoms with Crippen LogP contribution in [0.1, 0.15) is 33.3 Å². The Morgan fingerprint density at radius 1 is 1.43 bits per heavy atom. The highest BCUT2D eigenvalue weighted by atomic mass is 32.2. The van der Waals surface area contributed by atoms with Gasteiger partial charge in [-0.1, -0.05) is 0 Å². The zero-order valence-corrected chi connectivity index (χ0v) is 11.9. The number of fused-ring (bicyclic) bond motifs is 2. The zero-order chi connectivity index (χ0) is 15.4. The van der Waals surface area contributed by atoms with Crippen molar-refractivity contribution in [2.24, 2.45) is 0 Å². The van der Waals surface area contributed by atoms with Crippen molar-refractivity contribution >= 4 is 26.7 Å².